The topological polar surface area (TPSA) is 71.3 Å². The molecule has 2 N–H and O–H groups in total. The quantitative estimate of drug-likeness (QED) is 0.836. The molecule has 0 saturated carbocycles. The first-order valence-electron chi connectivity index (χ1n) is 6.24. The third kappa shape index (κ3) is 3.44. The van der Waals surface area contributed by atoms with Crippen LogP contribution in [-0.2, 0) is 10.8 Å². The van der Waals surface area contributed by atoms with E-state index in [2.05, 4.69) is 20.6 Å². The van der Waals surface area contributed by atoms with Crippen LogP contribution in [0.1, 0.15) is 13.8 Å². The zero-order chi connectivity index (χ0) is 13.8. The first kappa shape index (κ1) is 13.8. The van der Waals surface area contributed by atoms with Crippen LogP contribution in [0, 0.1) is 0 Å². The molecule has 2 rings (SSSR count). The molecule has 2 aromatic heterocycles. The number of anilines is 2. The fourth-order valence-corrected chi connectivity index (χ4v) is 2.71. The maximum Gasteiger partial charge on any atom is 0.180 e. The third-order valence-corrected chi connectivity index (χ3v) is 3.57. The fourth-order valence-electron chi connectivity index (χ4n) is 1.92. The summed E-state index contributed by atoms with van der Waals surface area (Å²) in [7, 11) is -0.835. The van der Waals surface area contributed by atoms with Gasteiger partial charge in [-0.15, -0.1) is 0 Å². The van der Waals surface area contributed by atoms with Crippen molar-refractivity contribution in [1.29, 1.82) is 0 Å². The highest BCUT2D eigenvalue weighted by Crippen LogP contribution is 2.17. The van der Waals surface area contributed by atoms with Gasteiger partial charge in [0.2, 0.25) is 0 Å². The number of hydrogen-bond donors (Lipinski definition) is 2. The molecule has 104 valence electrons. The minimum absolute atomic E-state index is 0.0794. The Labute approximate surface area is 115 Å². The Bertz CT molecular complexity index is 583. The van der Waals surface area contributed by atoms with Gasteiger partial charge in [0.25, 0.3) is 0 Å². The van der Waals surface area contributed by atoms with Crippen LogP contribution < -0.4 is 10.6 Å². The Morgan fingerprint density at radius 2 is 2.32 bits per heavy atom. The highest BCUT2D eigenvalue weighted by atomic mass is 32.2. The zero-order valence-corrected chi connectivity index (χ0v) is 12.2. The maximum atomic E-state index is 11.2. The average molecular weight is 281 g/mol. The summed E-state index contributed by atoms with van der Waals surface area (Å²) in [6, 6.07) is 0.0794. The Morgan fingerprint density at radius 3 is 3.00 bits per heavy atom. The fraction of sp³-hybridized carbons (Fsp3) is 0.500. The molecule has 2 heterocycles. The van der Waals surface area contributed by atoms with Crippen LogP contribution >= 0.6 is 0 Å². The van der Waals surface area contributed by atoms with Crippen molar-refractivity contribution in [1.82, 2.24) is 14.4 Å². The van der Waals surface area contributed by atoms with Gasteiger partial charge in [-0.1, -0.05) is 0 Å². The van der Waals surface area contributed by atoms with E-state index in [1.54, 1.807) is 12.5 Å². The molecular weight excluding hydrogens is 262 g/mol. The lowest BCUT2D eigenvalue weighted by molar-refractivity contribution is 0.683. The first-order valence-corrected chi connectivity index (χ1v) is 7.97. The van der Waals surface area contributed by atoms with E-state index in [-0.39, 0.29) is 6.04 Å². The Hall–Kier alpha value is -1.63. The minimum Gasteiger partial charge on any atom is -0.369 e. The summed E-state index contributed by atoms with van der Waals surface area (Å²) in [5.74, 6) is 2.08. The molecular formula is C12H19N5OS. The number of nitrogens with zero attached hydrogens (tertiary/aromatic N) is 3. The number of hydrogen-bond acceptors (Lipinski definition) is 5. The second kappa shape index (κ2) is 6.01. The number of aromatic nitrogens is 3. The second-order valence-electron chi connectivity index (χ2n) is 4.45. The van der Waals surface area contributed by atoms with Crippen molar-refractivity contribution >= 4 is 28.1 Å². The van der Waals surface area contributed by atoms with E-state index in [1.165, 1.54) is 0 Å². The van der Waals surface area contributed by atoms with Crippen LogP contribution in [0.15, 0.2) is 18.6 Å². The van der Waals surface area contributed by atoms with E-state index < -0.39 is 10.8 Å². The van der Waals surface area contributed by atoms with Crippen LogP contribution in [0.2, 0.25) is 0 Å². The summed E-state index contributed by atoms with van der Waals surface area (Å²) in [4.78, 5) is 8.79. The van der Waals surface area contributed by atoms with Crippen LogP contribution in [0.25, 0.3) is 5.65 Å². The molecule has 6 nitrogen and oxygen atoms in total. The molecule has 2 aromatic rings. The lowest BCUT2D eigenvalue weighted by atomic mass is 10.4. The summed E-state index contributed by atoms with van der Waals surface area (Å²) in [6.45, 7) is 4.82. The summed E-state index contributed by atoms with van der Waals surface area (Å²) in [5.41, 5.74) is 0.774. The lowest BCUT2D eigenvalue weighted by Crippen LogP contribution is -2.23. The summed E-state index contributed by atoms with van der Waals surface area (Å²) >= 11 is 0. The Morgan fingerprint density at radius 1 is 1.53 bits per heavy atom. The van der Waals surface area contributed by atoms with Crippen molar-refractivity contribution in [3.8, 4) is 0 Å². The molecule has 0 amide bonds. The molecule has 7 heteroatoms. The molecule has 0 aliphatic rings. The Kier molecular flexibility index (Phi) is 4.36. The van der Waals surface area contributed by atoms with Gasteiger partial charge >= 0.3 is 0 Å². The molecule has 2 atom stereocenters. The van der Waals surface area contributed by atoms with E-state index in [0.717, 1.165) is 18.0 Å². The van der Waals surface area contributed by atoms with Gasteiger partial charge in [-0.05, 0) is 13.8 Å². The van der Waals surface area contributed by atoms with Crippen molar-refractivity contribution in [3.05, 3.63) is 18.6 Å². The normalized spacial score (nSPS) is 14.3. The molecule has 0 fully saturated rings. The monoisotopic (exact) mass is 281 g/mol. The predicted molar refractivity (Wildman–Crippen MR) is 79.2 cm³/mol. The van der Waals surface area contributed by atoms with Gasteiger partial charge < -0.3 is 15.0 Å². The largest absolute Gasteiger partial charge is 0.369 e. The van der Waals surface area contributed by atoms with Gasteiger partial charge in [0.05, 0.1) is 6.20 Å². The van der Waals surface area contributed by atoms with Crippen molar-refractivity contribution in [2.75, 3.05) is 29.2 Å². The van der Waals surface area contributed by atoms with Crippen LogP contribution in [0.5, 0.6) is 0 Å². The zero-order valence-electron chi connectivity index (χ0n) is 11.4. The van der Waals surface area contributed by atoms with E-state index in [4.69, 9.17) is 0 Å². The number of rotatable bonds is 6. The van der Waals surface area contributed by atoms with Gasteiger partial charge in [0.1, 0.15) is 5.82 Å². The van der Waals surface area contributed by atoms with E-state index in [9.17, 15) is 4.21 Å². The van der Waals surface area contributed by atoms with Gasteiger partial charge in [-0.25, -0.2) is 9.97 Å². The summed E-state index contributed by atoms with van der Waals surface area (Å²) in [5, 5.41) is 6.46. The van der Waals surface area contributed by atoms with Gasteiger partial charge in [0, 0.05) is 47.8 Å². The first-order chi connectivity index (χ1) is 9.10. The van der Waals surface area contributed by atoms with Crippen molar-refractivity contribution in [2.45, 2.75) is 19.9 Å². The molecule has 0 aromatic carbocycles. The van der Waals surface area contributed by atoms with Crippen LogP contribution in [0.3, 0.4) is 0 Å². The van der Waals surface area contributed by atoms with Gasteiger partial charge in [0.15, 0.2) is 11.5 Å². The van der Waals surface area contributed by atoms with Gasteiger partial charge in [-0.2, -0.15) is 0 Å². The third-order valence-electron chi connectivity index (χ3n) is 2.60. The lowest BCUT2D eigenvalue weighted by Gasteiger charge is -2.15. The standard InChI is InChI=1S/C12H19N5OS/c1-4-13-10-7-17-6-5-14-12(17)11(16-10)15-9(2)8-19(3)18/h5-7,9,13H,4,8H2,1-3H3,(H,15,16). The predicted octanol–water partition coefficient (Wildman–Crippen LogP) is 1.34. The Balaban J connectivity index is 2.29. The number of imidazole rings is 1. The second-order valence-corrected chi connectivity index (χ2v) is 5.93. The van der Waals surface area contributed by atoms with Crippen molar-refractivity contribution in [3.63, 3.8) is 0 Å². The number of nitrogens with one attached hydrogen (secondary N) is 2. The van der Waals surface area contributed by atoms with Crippen molar-refractivity contribution < 1.29 is 4.21 Å². The summed E-state index contributed by atoms with van der Waals surface area (Å²) in [6.07, 6.45) is 7.22. The molecule has 0 aliphatic carbocycles. The van der Waals surface area contributed by atoms with E-state index >= 15 is 0 Å². The molecule has 0 radical (unpaired) electrons. The van der Waals surface area contributed by atoms with Gasteiger partial charge in [-0.3, -0.25) is 4.21 Å². The highest BCUT2D eigenvalue weighted by molar-refractivity contribution is 7.84. The summed E-state index contributed by atoms with van der Waals surface area (Å²) < 4.78 is 13.2. The van der Waals surface area contributed by atoms with Crippen LogP contribution in [0.4, 0.5) is 11.6 Å². The average Bonchev–Trinajstić information content (AvgIpc) is 2.76. The smallest absolute Gasteiger partial charge is 0.180 e. The molecule has 0 saturated heterocycles. The molecule has 0 spiro atoms. The van der Waals surface area contributed by atoms with E-state index in [1.807, 2.05) is 30.6 Å². The maximum absolute atomic E-state index is 11.2. The van der Waals surface area contributed by atoms with Crippen molar-refractivity contribution in [2.24, 2.45) is 0 Å². The van der Waals surface area contributed by atoms with Crippen LogP contribution in [-0.4, -0.2) is 43.2 Å². The molecule has 0 bridgehead atoms. The molecule has 0 aliphatic heterocycles. The highest BCUT2D eigenvalue weighted by Gasteiger charge is 2.11. The SMILES string of the molecule is CCNc1cn2ccnc2c(NC(C)CS(C)=O)n1. The van der Waals surface area contributed by atoms with E-state index in [0.29, 0.717) is 11.6 Å². The molecule has 2 unspecified atom stereocenters. The number of fused-ring (bicyclic) bond motifs is 1. The molecule has 19 heavy (non-hydrogen) atoms. The minimum atomic E-state index is -0.835.